The predicted octanol–water partition coefficient (Wildman–Crippen LogP) is 0.511. The molecule has 0 unspecified atom stereocenters. The van der Waals surface area contributed by atoms with E-state index in [9.17, 15) is 9.59 Å². The quantitative estimate of drug-likeness (QED) is 0.592. The number of hydrogen-bond acceptors (Lipinski definition) is 5. The molecule has 2 rings (SSSR count). The molecular weight excluding hydrogens is 362 g/mol. The third-order valence-electron chi connectivity index (χ3n) is 4.17. The summed E-state index contributed by atoms with van der Waals surface area (Å²) >= 11 is 0. The minimum atomic E-state index is -0.525. The molecule has 10 heteroatoms. The van der Waals surface area contributed by atoms with Crippen LogP contribution in [0, 0.1) is 0 Å². The summed E-state index contributed by atoms with van der Waals surface area (Å²) in [4.78, 5) is 33.9. The average Bonchev–Trinajstić information content (AvgIpc) is 3.03. The molecular formula is C18H31N7O3. The van der Waals surface area contributed by atoms with Crippen molar-refractivity contribution in [2.75, 3.05) is 51.7 Å². The van der Waals surface area contributed by atoms with Crippen LogP contribution in [0.5, 0.6) is 0 Å². The highest BCUT2D eigenvalue weighted by Crippen LogP contribution is 2.16. The Balaban J connectivity index is 1.83. The van der Waals surface area contributed by atoms with Crippen LogP contribution in [0.2, 0.25) is 0 Å². The van der Waals surface area contributed by atoms with Crippen molar-refractivity contribution in [1.82, 2.24) is 24.9 Å². The van der Waals surface area contributed by atoms with Crippen molar-refractivity contribution in [1.29, 1.82) is 0 Å². The summed E-state index contributed by atoms with van der Waals surface area (Å²) < 4.78 is 7.01. The number of hydrogen-bond donors (Lipinski definition) is 1. The highest BCUT2D eigenvalue weighted by Gasteiger charge is 2.27. The van der Waals surface area contributed by atoms with Crippen LogP contribution in [0.4, 0.5) is 10.5 Å². The van der Waals surface area contributed by atoms with Gasteiger partial charge in [-0.1, -0.05) is 0 Å². The van der Waals surface area contributed by atoms with Gasteiger partial charge in [-0.2, -0.15) is 5.10 Å². The number of rotatable bonds is 4. The van der Waals surface area contributed by atoms with Crippen LogP contribution in [0.1, 0.15) is 20.8 Å². The van der Waals surface area contributed by atoms with Gasteiger partial charge in [0.2, 0.25) is 5.91 Å². The fourth-order valence-electron chi connectivity index (χ4n) is 2.77. The number of aliphatic imine (C=N–C) groups is 1. The summed E-state index contributed by atoms with van der Waals surface area (Å²) in [6.07, 6.45) is 3.14. The standard InChI is InChI=1S/C18H31N7O3/c1-18(2,3)28-17(27)22(5)8-7-20-16(19-4)24-9-10-25(15(26)13-24)14-11-21-23(6)12-14/h11-12H,7-10,13H2,1-6H3,(H,19,20). The Morgan fingerprint density at radius 3 is 2.64 bits per heavy atom. The fourth-order valence-corrected chi connectivity index (χ4v) is 2.77. The molecule has 28 heavy (non-hydrogen) atoms. The molecule has 1 aliphatic heterocycles. The molecule has 2 heterocycles. The second-order valence-corrected chi connectivity index (χ2v) is 7.72. The molecule has 1 N–H and O–H groups in total. The van der Waals surface area contributed by atoms with Crippen molar-refractivity contribution in [3.63, 3.8) is 0 Å². The van der Waals surface area contributed by atoms with Crippen molar-refractivity contribution >= 4 is 23.6 Å². The van der Waals surface area contributed by atoms with Crippen molar-refractivity contribution < 1.29 is 14.3 Å². The molecule has 1 aromatic heterocycles. The Labute approximate surface area is 166 Å². The van der Waals surface area contributed by atoms with Crippen LogP contribution in [-0.2, 0) is 16.6 Å². The van der Waals surface area contributed by atoms with Crippen molar-refractivity contribution in [2.45, 2.75) is 26.4 Å². The number of aryl methyl sites for hydroxylation is 1. The highest BCUT2D eigenvalue weighted by molar-refractivity contribution is 5.98. The van der Waals surface area contributed by atoms with E-state index >= 15 is 0 Å². The minimum Gasteiger partial charge on any atom is -0.444 e. The Morgan fingerprint density at radius 1 is 1.39 bits per heavy atom. The predicted molar refractivity (Wildman–Crippen MR) is 107 cm³/mol. The van der Waals surface area contributed by atoms with E-state index in [2.05, 4.69) is 15.4 Å². The number of amides is 2. The number of likely N-dealkylation sites (N-methyl/N-ethyl adjacent to an activating group) is 1. The van der Waals surface area contributed by atoms with Gasteiger partial charge in [0, 0.05) is 53.5 Å². The number of nitrogens with one attached hydrogen (secondary N) is 1. The molecule has 1 fully saturated rings. The van der Waals surface area contributed by atoms with E-state index < -0.39 is 5.60 Å². The lowest BCUT2D eigenvalue weighted by atomic mass is 10.2. The monoisotopic (exact) mass is 393 g/mol. The van der Waals surface area contributed by atoms with Gasteiger partial charge in [-0.25, -0.2) is 4.79 Å². The number of aromatic nitrogens is 2. The van der Waals surface area contributed by atoms with Gasteiger partial charge in [0.05, 0.1) is 11.9 Å². The first-order valence-electron chi connectivity index (χ1n) is 9.29. The molecule has 2 amide bonds. The number of piperazine rings is 1. The maximum Gasteiger partial charge on any atom is 0.410 e. The van der Waals surface area contributed by atoms with Crippen molar-refractivity contribution in [3.05, 3.63) is 12.4 Å². The van der Waals surface area contributed by atoms with Gasteiger partial charge in [-0.05, 0) is 20.8 Å². The van der Waals surface area contributed by atoms with Crippen LogP contribution in [0.25, 0.3) is 0 Å². The van der Waals surface area contributed by atoms with Crippen LogP contribution < -0.4 is 10.2 Å². The van der Waals surface area contributed by atoms with E-state index in [-0.39, 0.29) is 18.5 Å². The number of nitrogens with zero attached hydrogens (tertiary/aromatic N) is 6. The fraction of sp³-hybridized carbons (Fsp3) is 0.667. The first-order valence-corrected chi connectivity index (χ1v) is 9.29. The van der Waals surface area contributed by atoms with Gasteiger partial charge in [0.15, 0.2) is 5.96 Å². The molecule has 0 aromatic carbocycles. The first-order chi connectivity index (χ1) is 13.1. The van der Waals surface area contributed by atoms with Crippen LogP contribution in [-0.4, -0.2) is 90.0 Å². The number of guanidine groups is 1. The van der Waals surface area contributed by atoms with Crippen LogP contribution in [0.3, 0.4) is 0 Å². The summed E-state index contributed by atoms with van der Waals surface area (Å²) in [7, 11) is 5.19. The SMILES string of the molecule is CN=C(NCCN(C)C(=O)OC(C)(C)C)N1CCN(c2cnn(C)c2)C(=O)C1. The lowest BCUT2D eigenvalue weighted by Gasteiger charge is -2.35. The third kappa shape index (κ3) is 5.86. The minimum absolute atomic E-state index is 0.00641. The number of ether oxygens (including phenoxy) is 1. The van der Waals surface area contributed by atoms with Gasteiger partial charge >= 0.3 is 6.09 Å². The molecule has 0 spiro atoms. The zero-order valence-corrected chi connectivity index (χ0v) is 17.6. The third-order valence-corrected chi connectivity index (χ3v) is 4.17. The van der Waals surface area contributed by atoms with E-state index in [0.717, 1.165) is 5.69 Å². The van der Waals surface area contributed by atoms with Gasteiger partial charge in [-0.15, -0.1) is 0 Å². The van der Waals surface area contributed by atoms with E-state index in [1.54, 1.807) is 29.9 Å². The van der Waals surface area contributed by atoms with E-state index in [1.165, 1.54) is 4.90 Å². The Bertz CT molecular complexity index is 723. The molecule has 0 bridgehead atoms. The van der Waals surface area contributed by atoms with Crippen LogP contribution >= 0.6 is 0 Å². The smallest absolute Gasteiger partial charge is 0.410 e. The van der Waals surface area contributed by atoms with Gasteiger partial charge in [0.1, 0.15) is 12.1 Å². The van der Waals surface area contributed by atoms with Gasteiger partial charge in [0.25, 0.3) is 0 Å². The Hall–Kier alpha value is -2.78. The van der Waals surface area contributed by atoms with Gasteiger partial charge in [-0.3, -0.25) is 14.5 Å². The number of carbonyl (C=O) groups is 2. The van der Waals surface area contributed by atoms with E-state index in [1.807, 2.05) is 38.9 Å². The zero-order valence-electron chi connectivity index (χ0n) is 17.6. The number of anilines is 1. The second-order valence-electron chi connectivity index (χ2n) is 7.72. The molecule has 1 aliphatic rings. The summed E-state index contributed by atoms with van der Waals surface area (Å²) in [5.41, 5.74) is 0.275. The lowest BCUT2D eigenvalue weighted by Crippen LogP contribution is -2.56. The molecule has 156 valence electrons. The molecule has 1 saturated heterocycles. The average molecular weight is 393 g/mol. The summed E-state index contributed by atoms with van der Waals surface area (Å²) in [5, 5.41) is 7.33. The Kier molecular flexibility index (Phi) is 6.87. The molecule has 0 aliphatic carbocycles. The maximum atomic E-state index is 12.5. The maximum absolute atomic E-state index is 12.5. The zero-order chi connectivity index (χ0) is 20.9. The van der Waals surface area contributed by atoms with Crippen molar-refractivity contribution in [2.24, 2.45) is 12.0 Å². The van der Waals surface area contributed by atoms with Crippen LogP contribution in [0.15, 0.2) is 17.4 Å². The molecule has 0 atom stereocenters. The lowest BCUT2D eigenvalue weighted by molar-refractivity contribution is -0.120. The largest absolute Gasteiger partial charge is 0.444 e. The Morgan fingerprint density at radius 2 is 2.11 bits per heavy atom. The van der Waals surface area contributed by atoms with E-state index in [4.69, 9.17) is 4.74 Å². The topological polar surface area (TPSA) is 95.3 Å². The molecule has 0 saturated carbocycles. The summed E-state index contributed by atoms with van der Waals surface area (Å²) in [6, 6.07) is 0. The van der Waals surface area contributed by atoms with Crippen molar-refractivity contribution in [3.8, 4) is 0 Å². The molecule has 10 nitrogen and oxygen atoms in total. The highest BCUT2D eigenvalue weighted by atomic mass is 16.6. The second kappa shape index (κ2) is 8.94. The first kappa shape index (κ1) is 21.5. The van der Waals surface area contributed by atoms with E-state index in [0.29, 0.717) is 32.1 Å². The normalized spacial score (nSPS) is 15.6. The summed E-state index contributed by atoms with van der Waals surface area (Å²) in [6.45, 7) is 7.90. The van der Waals surface area contributed by atoms with Gasteiger partial charge < -0.3 is 24.8 Å². The summed E-state index contributed by atoms with van der Waals surface area (Å²) in [5.74, 6) is 0.629. The number of carbonyl (C=O) groups excluding carboxylic acids is 2. The molecule has 1 aromatic rings. The molecule has 0 radical (unpaired) electrons.